The molecule has 2 nitrogen and oxygen atoms in total. The molecule has 1 rings (SSSR count). The van der Waals surface area contributed by atoms with Crippen LogP contribution >= 0.6 is 11.8 Å². The van der Waals surface area contributed by atoms with Crippen LogP contribution in [0.2, 0.25) is 0 Å². The Morgan fingerprint density at radius 1 is 1.47 bits per heavy atom. The fourth-order valence-corrected chi connectivity index (χ4v) is 2.06. The third-order valence-electron chi connectivity index (χ3n) is 1.96. The van der Waals surface area contributed by atoms with Crippen LogP contribution in [0.3, 0.4) is 0 Å². The van der Waals surface area contributed by atoms with Gasteiger partial charge in [0.1, 0.15) is 11.6 Å². The SMILES string of the molecule is CNC(CO)CSc1cc(F)ccc1F. The van der Waals surface area contributed by atoms with E-state index < -0.39 is 11.6 Å². The van der Waals surface area contributed by atoms with Crippen molar-refractivity contribution < 1.29 is 13.9 Å². The van der Waals surface area contributed by atoms with Crippen molar-refractivity contribution in [2.75, 3.05) is 19.4 Å². The normalized spacial score (nSPS) is 12.8. The van der Waals surface area contributed by atoms with Gasteiger partial charge in [-0.15, -0.1) is 11.8 Å². The zero-order valence-corrected chi connectivity index (χ0v) is 9.15. The molecule has 1 atom stereocenters. The van der Waals surface area contributed by atoms with E-state index in [0.29, 0.717) is 5.75 Å². The van der Waals surface area contributed by atoms with Gasteiger partial charge in [-0.1, -0.05) is 0 Å². The van der Waals surface area contributed by atoms with Gasteiger partial charge < -0.3 is 10.4 Å². The van der Waals surface area contributed by atoms with E-state index in [1.807, 2.05) is 0 Å². The lowest BCUT2D eigenvalue weighted by Crippen LogP contribution is -2.31. The fraction of sp³-hybridized carbons (Fsp3) is 0.400. The number of likely N-dealkylation sites (N-methyl/N-ethyl adjacent to an activating group) is 1. The van der Waals surface area contributed by atoms with Crippen molar-refractivity contribution in [2.24, 2.45) is 0 Å². The number of halogens is 2. The van der Waals surface area contributed by atoms with E-state index in [1.54, 1.807) is 7.05 Å². The average Bonchev–Trinajstić information content (AvgIpc) is 2.24. The van der Waals surface area contributed by atoms with Gasteiger partial charge in [0, 0.05) is 16.7 Å². The van der Waals surface area contributed by atoms with Gasteiger partial charge in [0.25, 0.3) is 0 Å². The average molecular weight is 233 g/mol. The summed E-state index contributed by atoms with van der Waals surface area (Å²) in [6.45, 7) is -0.0273. The predicted molar refractivity (Wildman–Crippen MR) is 57.0 cm³/mol. The van der Waals surface area contributed by atoms with E-state index in [0.717, 1.165) is 18.2 Å². The highest BCUT2D eigenvalue weighted by Crippen LogP contribution is 2.23. The molecule has 84 valence electrons. The Balaban J connectivity index is 2.60. The third kappa shape index (κ3) is 3.77. The molecule has 5 heteroatoms. The summed E-state index contributed by atoms with van der Waals surface area (Å²) in [7, 11) is 1.71. The molecular weight excluding hydrogens is 220 g/mol. The fourth-order valence-electron chi connectivity index (χ4n) is 1.01. The van der Waals surface area contributed by atoms with Crippen molar-refractivity contribution in [1.29, 1.82) is 0 Å². The molecular formula is C10H13F2NOS. The number of rotatable bonds is 5. The number of benzene rings is 1. The molecule has 0 heterocycles. The molecule has 0 aromatic heterocycles. The third-order valence-corrected chi connectivity index (χ3v) is 3.15. The molecule has 0 saturated carbocycles. The molecule has 1 unspecified atom stereocenters. The number of aliphatic hydroxyl groups is 1. The maximum absolute atomic E-state index is 13.2. The smallest absolute Gasteiger partial charge is 0.136 e. The lowest BCUT2D eigenvalue weighted by Gasteiger charge is -2.12. The predicted octanol–water partition coefficient (Wildman–Crippen LogP) is 1.64. The minimum atomic E-state index is -0.455. The van der Waals surface area contributed by atoms with Crippen LogP contribution in [0.25, 0.3) is 0 Å². The molecule has 0 aliphatic rings. The van der Waals surface area contributed by atoms with Gasteiger partial charge in [-0.3, -0.25) is 0 Å². The topological polar surface area (TPSA) is 32.3 Å². The summed E-state index contributed by atoms with van der Waals surface area (Å²) < 4.78 is 25.9. The molecule has 1 aromatic rings. The Morgan fingerprint density at radius 2 is 2.20 bits per heavy atom. The molecule has 1 aromatic carbocycles. The molecule has 0 amide bonds. The summed E-state index contributed by atoms with van der Waals surface area (Å²) in [5.74, 6) is -0.397. The van der Waals surface area contributed by atoms with Gasteiger partial charge in [0.05, 0.1) is 6.61 Å². The minimum Gasteiger partial charge on any atom is -0.395 e. The van der Waals surface area contributed by atoms with Crippen molar-refractivity contribution in [3.63, 3.8) is 0 Å². The lowest BCUT2D eigenvalue weighted by atomic mass is 10.3. The summed E-state index contributed by atoms with van der Waals surface area (Å²) in [4.78, 5) is 0.267. The highest BCUT2D eigenvalue weighted by molar-refractivity contribution is 7.99. The second-order valence-corrected chi connectivity index (χ2v) is 4.12. The van der Waals surface area contributed by atoms with Crippen LogP contribution in [0.1, 0.15) is 0 Å². The van der Waals surface area contributed by atoms with Crippen LogP contribution in [0, 0.1) is 11.6 Å². The van der Waals surface area contributed by atoms with E-state index in [1.165, 1.54) is 11.8 Å². The first-order valence-electron chi connectivity index (χ1n) is 4.53. The largest absolute Gasteiger partial charge is 0.395 e. The number of nitrogens with one attached hydrogen (secondary N) is 1. The van der Waals surface area contributed by atoms with Crippen LogP contribution in [0.4, 0.5) is 8.78 Å². The first-order valence-corrected chi connectivity index (χ1v) is 5.52. The second kappa shape index (κ2) is 6.05. The Labute approximate surface area is 91.7 Å². The summed E-state index contributed by atoms with van der Waals surface area (Å²) in [6, 6.07) is 3.23. The van der Waals surface area contributed by atoms with E-state index in [-0.39, 0.29) is 17.5 Å². The van der Waals surface area contributed by atoms with Crippen LogP contribution in [-0.4, -0.2) is 30.6 Å². The van der Waals surface area contributed by atoms with Gasteiger partial charge in [0.15, 0.2) is 0 Å². The van der Waals surface area contributed by atoms with Crippen molar-refractivity contribution in [1.82, 2.24) is 5.32 Å². The summed E-state index contributed by atoms with van der Waals surface area (Å²) in [5.41, 5.74) is 0. The van der Waals surface area contributed by atoms with E-state index in [2.05, 4.69) is 5.32 Å². The first kappa shape index (κ1) is 12.4. The number of hydrogen-bond acceptors (Lipinski definition) is 3. The Bertz CT molecular complexity index is 318. The monoisotopic (exact) mass is 233 g/mol. The Hall–Kier alpha value is -0.650. The number of thioether (sulfide) groups is 1. The van der Waals surface area contributed by atoms with Crippen LogP contribution in [-0.2, 0) is 0 Å². The molecule has 0 aliphatic carbocycles. The highest BCUT2D eigenvalue weighted by atomic mass is 32.2. The number of aliphatic hydroxyl groups excluding tert-OH is 1. The maximum Gasteiger partial charge on any atom is 0.136 e. The molecule has 0 spiro atoms. The van der Waals surface area contributed by atoms with Crippen molar-refractivity contribution >= 4 is 11.8 Å². The van der Waals surface area contributed by atoms with Gasteiger partial charge >= 0.3 is 0 Å². The Morgan fingerprint density at radius 3 is 2.80 bits per heavy atom. The summed E-state index contributed by atoms with van der Waals surface area (Å²) >= 11 is 1.18. The number of hydrogen-bond donors (Lipinski definition) is 2. The maximum atomic E-state index is 13.2. The highest BCUT2D eigenvalue weighted by Gasteiger charge is 2.08. The van der Waals surface area contributed by atoms with Crippen molar-refractivity contribution in [2.45, 2.75) is 10.9 Å². The van der Waals surface area contributed by atoms with E-state index >= 15 is 0 Å². The first-order chi connectivity index (χ1) is 7.17. The lowest BCUT2D eigenvalue weighted by molar-refractivity contribution is 0.260. The van der Waals surface area contributed by atoms with E-state index in [9.17, 15) is 8.78 Å². The second-order valence-electron chi connectivity index (χ2n) is 3.05. The molecule has 0 radical (unpaired) electrons. The van der Waals surface area contributed by atoms with Crippen LogP contribution in [0.15, 0.2) is 23.1 Å². The van der Waals surface area contributed by atoms with Crippen molar-refractivity contribution in [3.8, 4) is 0 Å². The van der Waals surface area contributed by atoms with Gasteiger partial charge in [-0.2, -0.15) is 0 Å². The van der Waals surface area contributed by atoms with Gasteiger partial charge in [-0.05, 0) is 25.2 Å². The van der Waals surface area contributed by atoms with Crippen LogP contribution in [0.5, 0.6) is 0 Å². The molecule has 0 bridgehead atoms. The molecule has 0 fully saturated rings. The van der Waals surface area contributed by atoms with Gasteiger partial charge in [-0.25, -0.2) is 8.78 Å². The van der Waals surface area contributed by atoms with Crippen molar-refractivity contribution in [3.05, 3.63) is 29.8 Å². The Kier molecular flexibility index (Phi) is 5.01. The van der Waals surface area contributed by atoms with Crippen LogP contribution < -0.4 is 5.32 Å². The zero-order chi connectivity index (χ0) is 11.3. The zero-order valence-electron chi connectivity index (χ0n) is 8.34. The van der Waals surface area contributed by atoms with E-state index in [4.69, 9.17) is 5.11 Å². The molecule has 0 aliphatic heterocycles. The molecule has 2 N–H and O–H groups in total. The summed E-state index contributed by atoms with van der Waals surface area (Å²) in [6.07, 6.45) is 0. The quantitative estimate of drug-likeness (QED) is 0.758. The standard InChI is InChI=1S/C10H13F2NOS/c1-13-8(5-14)6-15-10-4-7(11)2-3-9(10)12/h2-4,8,13-14H,5-6H2,1H3. The van der Waals surface area contributed by atoms with Gasteiger partial charge in [0.2, 0.25) is 0 Å². The molecule has 15 heavy (non-hydrogen) atoms. The molecule has 0 saturated heterocycles. The minimum absolute atomic E-state index is 0.0273. The summed E-state index contributed by atoms with van der Waals surface area (Å²) in [5, 5.41) is 11.8.